The summed E-state index contributed by atoms with van der Waals surface area (Å²) in [5, 5.41) is 0. The molecule has 1 aromatic carbocycles. The quantitative estimate of drug-likeness (QED) is 0.851. The van der Waals surface area contributed by atoms with E-state index in [1.807, 2.05) is 0 Å². The minimum absolute atomic E-state index is 0.0483. The Hall–Kier alpha value is -1.09. The van der Waals surface area contributed by atoms with Crippen LogP contribution in [0.2, 0.25) is 0 Å². The molecule has 1 aliphatic carbocycles. The molecule has 0 saturated heterocycles. The van der Waals surface area contributed by atoms with Gasteiger partial charge in [0.1, 0.15) is 11.6 Å². The van der Waals surface area contributed by atoms with Crippen molar-refractivity contribution >= 4 is 0 Å². The Labute approximate surface area is 95.6 Å². The zero-order chi connectivity index (χ0) is 11.4. The minimum Gasteiger partial charge on any atom is -0.493 e. The van der Waals surface area contributed by atoms with E-state index in [-0.39, 0.29) is 11.4 Å². The molecule has 3 heteroatoms. The van der Waals surface area contributed by atoms with Gasteiger partial charge in [0.2, 0.25) is 0 Å². The lowest BCUT2D eigenvalue weighted by Crippen LogP contribution is -2.37. The van der Waals surface area contributed by atoms with Gasteiger partial charge in [-0.2, -0.15) is 0 Å². The summed E-state index contributed by atoms with van der Waals surface area (Å²) >= 11 is 0. The number of hydrogen-bond acceptors (Lipinski definition) is 2. The van der Waals surface area contributed by atoms with Gasteiger partial charge in [-0.15, -0.1) is 0 Å². The first-order valence-corrected chi connectivity index (χ1v) is 5.85. The lowest BCUT2D eigenvalue weighted by molar-refractivity contribution is 0.257. The van der Waals surface area contributed by atoms with E-state index in [1.165, 1.54) is 25.0 Å². The molecule has 0 radical (unpaired) electrons. The first kappa shape index (κ1) is 11.4. The van der Waals surface area contributed by atoms with Gasteiger partial charge in [-0.1, -0.05) is 18.9 Å². The van der Waals surface area contributed by atoms with E-state index < -0.39 is 0 Å². The number of halogens is 1. The largest absolute Gasteiger partial charge is 0.493 e. The van der Waals surface area contributed by atoms with Crippen molar-refractivity contribution in [2.45, 2.75) is 37.6 Å². The molecule has 16 heavy (non-hydrogen) atoms. The van der Waals surface area contributed by atoms with Gasteiger partial charge in [0.05, 0.1) is 6.61 Å². The summed E-state index contributed by atoms with van der Waals surface area (Å²) in [6, 6.07) is 6.23. The van der Waals surface area contributed by atoms with E-state index in [4.69, 9.17) is 10.5 Å². The van der Waals surface area contributed by atoms with Gasteiger partial charge in [-0.05, 0) is 31.4 Å². The van der Waals surface area contributed by atoms with Gasteiger partial charge in [0.15, 0.2) is 0 Å². The molecule has 88 valence electrons. The Balaban J connectivity index is 1.79. The molecule has 2 N–H and O–H groups in total. The minimum atomic E-state index is -0.263. The molecule has 0 heterocycles. The summed E-state index contributed by atoms with van der Waals surface area (Å²) in [5.41, 5.74) is 6.15. The van der Waals surface area contributed by atoms with Crippen molar-refractivity contribution in [3.05, 3.63) is 30.1 Å². The molecule has 2 rings (SSSR count). The van der Waals surface area contributed by atoms with E-state index >= 15 is 0 Å². The molecule has 0 spiro atoms. The average Bonchev–Trinajstić information content (AvgIpc) is 2.65. The Bertz CT molecular complexity index is 348. The molecule has 0 aromatic heterocycles. The zero-order valence-corrected chi connectivity index (χ0v) is 9.42. The molecule has 1 fully saturated rings. The summed E-state index contributed by atoms with van der Waals surface area (Å²) in [6.07, 6.45) is 5.45. The van der Waals surface area contributed by atoms with Crippen LogP contribution in [-0.2, 0) is 0 Å². The average molecular weight is 223 g/mol. The van der Waals surface area contributed by atoms with Crippen molar-refractivity contribution in [2.75, 3.05) is 6.61 Å². The second kappa shape index (κ2) is 4.83. The predicted octanol–water partition coefficient (Wildman–Crippen LogP) is 2.87. The van der Waals surface area contributed by atoms with Crippen molar-refractivity contribution in [3.8, 4) is 5.75 Å². The van der Waals surface area contributed by atoms with Crippen LogP contribution in [0.1, 0.15) is 32.1 Å². The van der Waals surface area contributed by atoms with Crippen LogP contribution in [0.4, 0.5) is 4.39 Å². The Morgan fingerprint density at radius 1 is 1.31 bits per heavy atom. The smallest absolute Gasteiger partial charge is 0.126 e. The Morgan fingerprint density at radius 3 is 2.75 bits per heavy atom. The third kappa shape index (κ3) is 2.95. The molecule has 1 saturated carbocycles. The highest BCUT2D eigenvalue weighted by molar-refractivity contribution is 5.22. The van der Waals surface area contributed by atoms with Crippen LogP contribution < -0.4 is 10.5 Å². The SMILES string of the molecule is NC1(CCOc2cccc(F)c2)CCCC1. The fourth-order valence-electron chi connectivity index (χ4n) is 2.26. The summed E-state index contributed by atoms with van der Waals surface area (Å²) in [5.74, 6) is 0.322. The van der Waals surface area contributed by atoms with Crippen LogP contribution in [-0.4, -0.2) is 12.1 Å². The van der Waals surface area contributed by atoms with Gasteiger partial charge in [-0.25, -0.2) is 4.39 Å². The molecular weight excluding hydrogens is 205 g/mol. The standard InChI is InChI=1S/C13H18FNO/c14-11-4-3-5-12(10-11)16-9-8-13(15)6-1-2-7-13/h3-5,10H,1-2,6-9,15H2. The molecule has 2 nitrogen and oxygen atoms in total. The highest BCUT2D eigenvalue weighted by Gasteiger charge is 2.28. The van der Waals surface area contributed by atoms with Gasteiger partial charge in [0.25, 0.3) is 0 Å². The lowest BCUT2D eigenvalue weighted by atomic mass is 9.95. The predicted molar refractivity (Wildman–Crippen MR) is 61.9 cm³/mol. The van der Waals surface area contributed by atoms with Crippen molar-refractivity contribution in [1.82, 2.24) is 0 Å². The van der Waals surface area contributed by atoms with E-state index in [1.54, 1.807) is 12.1 Å². The van der Waals surface area contributed by atoms with Gasteiger partial charge in [-0.3, -0.25) is 0 Å². The lowest BCUT2D eigenvalue weighted by Gasteiger charge is -2.23. The third-order valence-electron chi connectivity index (χ3n) is 3.26. The Morgan fingerprint density at radius 2 is 2.06 bits per heavy atom. The van der Waals surface area contributed by atoms with E-state index in [2.05, 4.69) is 0 Å². The molecule has 0 aliphatic heterocycles. The number of benzene rings is 1. The van der Waals surface area contributed by atoms with Crippen molar-refractivity contribution < 1.29 is 9.13 Å². The Kier molecular flexibility index (Phi) is 3.44. The van der Waals surface area contributed by atoms with Crippen LogP contribution in [0.15, 0.2) is 24.3 Å². The topological polar surface area (TPSA) is 35.2 Å². The van der Waals surface area contributed by atoms with Crippen LogP contribution >= 0.6 is 0 Å². The molecule has 1 aliphatic rings. The van der Waals surface area contributed by atoms with E-state index in [0.29, 0.717) is 12.4 Å². The highest BCUT2D eigenvalue weighted by Crippen LogP contribution is 2.30. The summed E-state index contributed by atoms with van der Waals surface area (Å²) in [7, 11) is 0. The maximum atomic E-state index is 12.9. The van der Waals surface area contributed by atoms with Crippen molar-refractivity contribution in [2.24, 2.45) is 5.73 Å². The molecule has 0 unspecified atom stereocenters. The van der Waals surface area contributed by atoms with Gasteiger partial charge in [0, 0.05) is 11.6 Å². The van der Waals surface area contributed by atoms with Crippen LogP contribution in [0.25, 0.3) is 0 Å². The van der Waals surface area contributed by atoms with Crippen molar-refractivity contribution in [1.29, 1.82) is 0 Å². The summed E-state index contributed by atoms with van der Waals surface area (Å²) < 4.78 is 18.4. The third-order valence-corrected chi connectivity index (χ3v) is 3.26. The first-order valence-electron chi connectivity index (χ1n) is 5.85. The number of ether oxygens (including phenoxy) is 1. The van der Waals surface area contributed by atoms with E-state index in [9.17, 15) is 4.39 Å². The monoisotopic (exact) mass is 223 g/mol. The number of hydrogen-bond donors (Lipinski definition) is 1. The maximum Gasteiger partial charge on any atom is 0.126 e. The normalized spacial score (nSPS) is 18.6. The molecule has 1 aromatic rings. The van der Waals surface area contributed by atoms with Crippen LogP contribution in [0.3, 0.4) is 0 Å². The summed E-state index contributed by atoms with van der Waals surface area (Å²) in [6.45, 7) is 0.569. The molecule has 0 atom stereocenters. The second-order valence-electron chi connectivity index (χ2n) is 4.63. The fourth-order valence-corrected chi connectivity index (χ4v) is 2.26. The maximum absolute atomic E-state index is 12.9. The molecule has 0 bridgehead atoms. The van der Waals surface area contributed by atoms with Gasteiger partial charge >= 0.3 is 0 Å². The summed E-state index contributed by atoms with van der Waals surface area (Å²) in [4.78, 5) is 0. The molecular formula is C13H18FNO. The van der Waals surface area contributed by atoms with Crippen LogP contribution in [0, 0.1) is 5.82 Å². The number of nitrogens with two attached hydrogens (primary N) is 1. The van der Waals surface area contributed by atoms with Crippen molar-refractivity contribution in [3.63, 3.8) is 0 Å². The fraction of sp³-hybridized carbons (Fsp3) is 0.538. The second-order valence-corrected chi connectivity index (χ2v) is 4.63. The van der Waals surface area contributed by atoms with E-state index in [0.717, 1.165) is 19.3 Å². The highest BCUT2D eigenvalue weighted by atomic mass is 19.1. The van der Waals surface area contributed by atoms with Crippen LogP contribution in [0.5, 0.6) is 5.75 Å². The zero-order valence-electron chi connectivity index (χ0n) is 9.42. The number of rotatable bonds is 4. The first-order chi connectivity index (χ1) is 7.68. The molecule has 0 amide bonds. The van der Waals surface area contributed by atoms with Gasteiger partial charge < -0.3 is 10.5 Å².